The van der Waals surface area contributed by atoms with E-state index in [1.54, 1.807) is 37.3 Å². The molecule has 3 aromatic carbocycles. The number of para-hydroxylation sites is 1. The summed E-state index contributed by atoms with van der Waals surface area (Å²) in [5.41, 5.74) is 10.2. The highest BCUT2D eigenvalue weighted by Crippen LogP contribution is 2.38. The van der Waals surface area contributed by atoms with Gasteiger partial charge in [-0.3, -0.25) is 14.6 Å². The zero-order valence-corrected chi connectivity index (χ0v) is 21.2. The summed E-state index contributed by atoms with van der Waals surface area (Å²) in [4.78, 5) is 40.1. The van der Waals surface area contributed by atoms with Gasteiger partial charge in [0.05, 0.1) is 35.4 Å². The molecule has 3 aromatic rings. The van der Waals surface area contributed by atoms with Crippen LogP contribution in [-0.2, 0) is 0 Å². The van der Waals surface area contributed by atoms with Gasteiger partial charge in [0.25, 0.3) is 0 Å². The van der Waals surface area contributed by atoms with Gasteiger partial charge >= 0.3 is 11.9 Å². The lowest BCUT2D eigenvalue weighted by molar-refractivity contribution is 0.100. The number of benzene rings is 3. The number of rotatable bonds is 8. The number of nitrogens with one attached hydrogen (secondary N) is 2. The number of hydrazine groups is 1. The Kier molecular flexibility index (Phi) is 8.02. The molecule has 192 valence electrons. The summed E-state index contributed by atoms with van der Waals surface area (Å²) in [6.45, 7) is 2.03. The van der Waals surface area contributed by atoms with E-state index in [1.807, 2.05) is 49.4 Å². The number of carbonyl (C=O) groups excluding carboxylic acids is 2. The van der Waals surface area contributed by atoms with Crippen molar-refractivity contribution in [3.8, 4) is 5.75 Å². The maximum absolute atomic E-state index is 13.9. The van der Waals surface area contributed by atoms with Gasteiger partial charge in [-0.2, -0.15) is 0 Å². The SMILES string of the molecule is COc1cc(NNc2ccc(C)cc2)ccc1N(C(=O)N(C)c1ccccc1C(=O)N=O)C1CCCC1. The Morgan fingerprint density at radius 3 is 2.24 bits per heavy atom. The van der Waals surface area contributed by atoms with E-state index in [1.165, 1.54) is 16.5 Å². The third-order valence-electron chi connectivity index (χ3n) is 6.60. The number of amides is 3. The number of nitroso groups, excluding NO2 is 1. The van der Waals surface area contributed by atoms with Crippen LogP contribution in [0.5, 0.6) is 5.75 Å². The van der Waals surface area contributed by atoms with Crippen molar-refractivity contribution < 1.29 is 14.3 Å². The second kappa shape index (κ2) is 11.6. The molecule has 4 rings (SSSR count). The predicted octanol–water partition coefficient (Wildman–Crippen LogP) is 6.35. The molecule has 0 aromatic heterocycles. The van der Waals surface area contributed by atoms with Crippen LogP contribution in [0.25, 0.3) is 0 Å². The molecule has 1 aliphatic rings. The van der Waals surface area contributed by atoms with Crippen LogP contribution in [0.15, 0.2) is 71.9 Å². The highest BCUT2D eigenvalue weighted by atomic mass is 16.5. The molecule has 1 fully saturated rings. The second-order valence-corrected chi connectivity index (χ2v) is 9.07. The summed E-state index contributed by atoms with van der Waals surface area (Å²) in [7, 11) is 3.16. The lowest BCUT2D eigenvalue weighted by Crippen LogP contribution is -2.47. The first-order valence-corrected chi connectivity index (χ1v) is 12.2. The lowest BCUT2D eigenvalue weighted by Gasteiger charge is -2.34. The summed E-state index contributed by atoms with van der Waals surface area (Å²) < 4.78 is 5.72. The molecular weight excluding hydrogens is 470 g/mol. The Bertz CT molecular complexity index is 1270. The average molecular weight is 502 g/mol. The Morgan fingerprint density at radius 2 is 1.57 bits per heavy atom. The van der Waals surface area contributed by atoms with Crippen LogP contribution in [0.1, 0.15) is 41.6 Å². The summed E-state index contributed by atoms with van der Waals surface area (Å²) in [5, 5.41) is 2.55. The van der Waals surface area contributed by atoms with E-state index in [2.05, 4.69) is 16.0 Å². The topological polar surface area (TPSA) is 103 Å². The summed E-state index contributed by atoms with van der Waals surface area (Å²) in [6.07, 6.45) is 3.75. The molecule has 0 heterocycles. The maximum Gasteiger partial charge on any atom is 0.329 e. The highest BCUT2D eigenvalue weighted by Gasteiger charge is 2.33. The van der Waals surface area contributed by atoms with Gasteiger partial charge < -0.3 is 15.6 Å². The van der Waals surface area contributed by atoms with E-state index in [4.69, 9.17) is 4.74 Å². The fourth-order valence-electron chi connectivity index (χ4n) is 4.61. The minimum atomic E-state index is -0.920. The molecule has 9 nitrogen and oxygen atoms in total. The Morgan fingerprint density at radius 1 is 0.919 bits per heavy atom. The smallest absolute Gasteiger partial charge is 0.329 e. The van der Waals surface area contributed by atoms with Crippen LogP contribution in [0.3, 0.4) is 0 Å². The Balaban J connectivity index is 1.64. The number of ether oxygens (including phenoxy) is 1. The molecule has 1 aliphatic carbocycles. The third-order valence-corrected chi connectivity index (χ3v) is 6.60. The fourth-order valence-corrected chi connectivity index (χ4v) is 4.61. The number of nitrogens with zero attached hydrogens (tertiary/aromatic N) is 3. The molecule has 37 heavy (non-hydrogen) atoms. The standard InChI is InChI=1S/C28H31N5O4/c1-19-12-14-20(15-13-19)29-30-21-16-17-25(26(18-21)37-3)33(22-8-4-5-9-22)28(35)32(2)24-11-7-6-10-23(24)27(34)31-36/h6-7,10-18,22,29-30H,4-5,8-9H2,1-3H3. The predicted molar refractivity (Wildman–Crippen MR) is 147 cm³/mol. The molecule has 0 spiro atoms. The van der Waals surface area contributed by atoms with E-state index in [0.29, 0.717) is 17.1 Å². The summed E-state index contributed by atoms with van der Waals surface area (Å²) in [6, 6.07) is 19.7. The molecule has 3 amide bonds. The van der Waals surface area contributed by atoms with Gasteiger partial charge in [-0.25, -0.2) is 4.79 Å². The van der Waals surface area contributed by atoms with Gasteiger partial charge in [0, 0.05) is 24.3 Å². The van der Waals surface area contributed by atoms with Gasteiger partial charge in [-0.15, -0.1) is 4.91 Å². The van der Waals surface area contributed by atoms with Gasteiger partial charge in [0.15, 0.2) is 0 Å². The van der Waals surface area contributed by atoms with Crippen molar-refractivity contribution in [3.63, 3.8) is 0 Å². The van der Waals surface area contributed by atoms with Crippen LogP contribution in [0, 0.1) is 11.8 Å². The van der Waals surface area contributed by atoms with Crippen molar-refractivity contribution >= 4 is 34.7 Å². The largest absolute Gasteiger partial charge is 0.494 e. The van der Waals surface area contributed by atoms with Gasteiger partial charge in [-0.1, -0.05) is 42.7 Å². The maximum atomic E-state index is 13.9. The first-order chi connectivity index (χ1) is 17.9. The number of methoxy groups -OCH3 is 1. The fraction of sp³-hybridized carbons (Fsp3) is 0.286. The Hall–Kier alpha value is -4.40. The molecular formula is C28H31N5O4. The van der Waals surface area contributed by atoms with Gasteiger partial charge in [-0.05, 0) is 56.2 Å². The zero-order valence-electron chi connectivity index (χ0n) is 21.2. The van der Waals surface area contributed by atoms with Crippen LogP contribution >= 0.6 is 0 Å². The highest BCUT2D eigenvalue weighted by molar-refractivity contribution is 6.09. The molecule has 0 bridgehead atoms. The molecule has 0 atom stereocenters. The van der Waals surface area contributed by atoms with Crippen molar-refractivity contribution in [1.82, 2.24) is 0 Å². The van der Waals surface area contributed by atoms with E-state index in [9.17, 15) is 14.5 Å². The molecule has 0 aliphatic heterocycles. The monoisotopic (exact) mass is 501 g/mol. The normalized spacial score (nSPS) is 13.1. The first kappa shape index (κ1) is 25.7. The van der Waals surface area contributed by atoms with Crippen molar-refractivity contribution in [2.45, 2.75) is 38.6 Å². The van der Waals surface area contributed by atoms with Crippen LogP contribution in [0.2, 0.25) is 0 Å². The minimum Gasteiger partial charge on any atom is -0.494 e. The average Bonchev–Trinajstić information content (AvgIpc) is 3.47. The van der Waals surface area contributed by atoms with Gasteiger partial charge in [0.2, 0.25) is 0 Å². The number of anilines is 4. The van der Waals surface area contributed by atoms with Crippen LogP contribution in [0.4, 0.5) is 27.5 Å². The number of carbonyl (C=O) groups is 2. The second-order valence-electron chi connectivity index (χ2n) is 9.07. The number of hydrogen-bond acceptors (Lipinski definition) is 6. The van der Waals surface area contributed by atoms with Gasteiger partial charge in [0.1, 0.15) is 5.75 Å². The molecule has 0 unspecified atom stereocenters. The van der Waals surface area contributed by atoms with Crippen LogP contribution < -0.4 is 25.4 Å². The minimum absolute atomic E-state index is 0.0274. The van der Waals surface area contributed by atoms with Crippen molar-refractivity contribution in [2.75, 3.05) is 34.8 Å². The van der Waals surface area contributed by atoms with Crippen molar-refractivity contribution in [2.24, 2.45) is 5.18 Å². The van der Waals surface area contributed by atoms with Crippen molar-refractivity contribution in [1.29, 1.82) is 0 Å². The van der Waals surface area contributed by atoms with E-state index < -0.39 is 5.91 Å². The Labute approximate surface area is 216 Å². The van der Waals surface area contributed by atoms with E-state index >= 15 is 0 Å². The summed E-state index contributed by atoms with van der Waals surface area (Å²) in [5.74, 6) is -0.389. The number of urea groups is 1. The zero-order chi connectivity index (χ0) is 26.4. The number of aryl methyl sites for hydroxylation is 1. The molecule has 9 heteroatoms. The van der Waals surface area contributed by atoms with E-state index in [0.717, 1.165) is 37.1 Å². The molecule has 1 saturated carbocycles. The quantitative estimate of drug-likeness (QED) is 0.275. The molecule has 0 saturated heterocycles. The summed E-state index contributed by atoms with van der Waals surface area (Å²) >= 11 is 0. The first-order valence-electron chi connectivity index (χ1n) is 12.2. The third kappa shape index (κ3) is 5.72. The van der Waals surface area contributed by atoms with E-state index in [-0.39, 0.29) is 17.6 Å². The lowest BCUT2D eigenvalue weighted by atomic mass is 10.1. The van der Waals surface area contributed by atoms with Crippen molar-refractivity contribution in [3.05, 3.63) is 82.8 Å². The van der Waals surface area contributed by atoms with Crippen LogP contribution in [-0.4, -0.2) is 32.1 Å². The number of hydrogen-bond donors (Lipinski definition) is 2. The molecule has 0 radical (unpaired) electrons. The molecule has 2 N–H and O–H groups in total.